The molecule has 0 radical (unpaired) electrons. The fourth-order valence-corrected chi connectivity index (χ4v) is 2.96. The fraction of sp³-hybridized carbons (Fsp3) is 0.667. The summed E-state index contributed by atoms with van der Waals surface area (Å²) in [4.78, 5) is 26.3. The number of nitrogens with one attached hydrogen (secondary N) is 2. The molecule has 1 atom stereocenters. The summed E-state index contributed by atoms with van der Waals surface area (Å²) in [6, 6.07) is 1.88. The highest BCUT2D eigenvalue weighted by Crippen LogP contribution is 2.18. The molecular weight excluding hydrogens is 306 g/mol. The summed E-state index contributed by atoms with van der Waals surface area (Å²) in [6.45, 7) is 10.2. The maximum Gasteiger partial charge on any atom is 0.317 e. The van der Waals surface area contributed by atoms with Gasteiger partial charge in [0.25, 0.3) is 0 Å². The molecule has 6 nitrogen and oxygen atoms in total. The van der Waals surface area contributed by atoms with Gasteiger partial charge in [0, 0.05) is 31.7 Å². The lowest BCUT2D eigenvalue weighted by molar-refractivity contribution is -0.126. The van der Waals surface area contributed by atoms with E-state index in [9.17, 15) is 9.59 Å². The van der Waals surface area contributed by atoms with E-state index in [-0.39, 0.29) is 17.9 Å². The highest BCUT2D eigenvalue weighted by atomic mass is 16.3. The molecule has 0 bridgehead atoms. The number of hydrogen-bond donors (Lipinski definition) is 2. The third-order valence-electron chi connectivity index (χ3n) is 4.34. The average molecular weight is 335 g/mol. The van der Waals surface area contributed by atoms with E-state index in [2.05, 4.69) is 24.5 Å². The summed E-state index contributed by atoms with van der Waals surface area (Å²) in [5.74, 6) is 1.97. The first kappa shape index (κ1) is 18.4. The summed E-state index contributed by atoms with van der Waals surface area (Å²) in [5.41, 5.74) is 1.00. The summed E-state index contributed by atoms with van der Waals surface area (Å²) < 4.78 is 5.47. The van der Waals surface area contributed by atoms with Gasteiger partial charge in [-0.3, -0.25) is 4.79 Å². The molecule has 0 saturated carbocycles. The molecule has 1 saturated heterocycles. The summed E-state index contributed by atoms with van der Waals surface area (Å²) >= 11 is 0. The molecule has 1 aliphatic heterocycles. The predicted octanol–water partition coefficient (Wildman–Crippen LogP) is 2.59. The Morgan fingerprint density at radius 2 is 2.08 bits per heavy atom. The molecule has 0 aromatic carbocycles. The van der Waals surface area contributed by atoms with Crippen LogP contribution < -0.4 is 10.6 Å². The van der Waals surface area contributed by atoms with Gasteiger partial charge in [-0.1, -0.05) is 13.8 Å². The van der Waals surface area contributed by atoms with Crippen molar-refractivity contribution < 1.29 is 14.0 Å². The second-order valence-electron chi connectivity index (χ2n) is 7.02. The number of amides is 3. The van der Waals surface area contributed by atoms with E-state index in [0.717, 1.165) is 29.9 Å². The highest BCUT2D eigenvalue weighted by Gasteiger charge is 2.28. The van der Waals surface area contributed by atoms with Crippen molar-refractivity contribution in [3.8, 4) is 0 Å². The van der Waals surface area contributed by atoms with Crippen LogP contribution in [0.2, 0.25) is 0 Å². The predicted molar refractivity (Wildman–Crippen MR) is 92.6 cm³/mol. The highest BCUT2D eigenvalue weighted by molar-refractivity contribution is 5.80. The molecule has 1 fully saturated rings. The number of nitrogens with zero attached hydrogens (tertiary/aromatic N) is 1. The lowest BCUT2D eigenvalue weighted by Gasteiger charge is -2.32. The van der Waals surface area contributed by atoms with E-state index < -0.39 is 0 Å². The number of carbonyl (C=O) groups is 2. The van der Waals surface area contributed by atoms with Crippen LogP contribution in [0.15, 0.2) is 10.5 Å². The Labute approximate surface area is 144 Å². The molecule has 1 aromatic rings. The maximum absolute atomic E-state index is 12.4. The van der Waals surface area contributed by atoms with E-state index in [4.69, 9.17) is 4.42 Å². The van der Waals surface area contributed by atoms with Gasteiger partial charge in [-0.2, -0.15) is 0 Å². The van der Waals surface area contributed by atoms with Crippen LogP contribution in [0.1, 0.15) is 43.8 Å². The number of furan rings is 1. The molecule has 1 aromatic heterocycles. The van der Waals surface area contributed by atoms with Gasteiger partial charge in [-0.15, -0.1) is 0 Å². The molecule has 0 spiro atoms. The van der Waals surface area contributed by atoms with Crippen molar-refractivity contribution in [3.63, 3.8) is 0 Å². The van der Waals surface area contributed by atoms with Crippen LogP contribution in [-0.4, -0.2) is 36.5 Å². The van der Waals surface area contributed by atoms with Gasteiger partial charge in [0.15, 0.2) is 0 Å². The molecule has 24 heavy (non-hydrogen) atoms. The van der Waals surface area contributed by atoms with E-state index in [1.807, 2.05) is 19.9 Å². The zero-order valence-corrected chi connectivity index (χ0v) is 15.1. The van der Waals surface area contributed by atoms with E-state index in [1.54, 1.807) is 4.90 Å². The minimum absolute atomic E-state index is 0.00890. The summed E-state index contributed by atoms with van der Waals surface area (Å²) in [5, 5.41) is 5.90. The second-order valence-corrected chi connectivity index (χ2v) is 7.02. The van der Waals surface area contributed by atoms with Gasteiger partial charge in [0.2, 0.25) is 5.91 Å². The molecule has 2 N–H and O–H groups in total. The minimum atomic E-state index is -0.142. The van der Waals surface area contributed by atoms with Crippen molar-refractivity contribution in [1.29, 1.82) is 0 Å². The van der Waals surface area contributed by atoms with Gasteiger partial charge in [0.1, 0.15) is 11.5 Å². The topological polar surface area (TPSA) is 74.6 Å². The lowest BCUT2D eigenvalue weighted by Crippen LogP contribution is -2.49. The summed E-state index contributed by atoms with van der Waals surface area (Å²) in [6.07, 6.45) is 1.68. The standard InChI is InChI=1S/C18H29N3O3/c1-12(2)9-20-18(23)21-7-5-6-15(11-21)17(22)19-10-16-8-13(3)24-14(16)4/h8,12,15H,5-7,9-11H2,1-4H3,(H,19,22)(H,20,23)/t15-/m1/s1. The zero-order valence-electron chi connectivity index (χ0n) is 15.1. The van der Waals surface area contributed by atoms with Crippen molar-refractivity contribution in [2.75, 3.05) is 19.6 Å². The average Bonchev–Trinajstić information content (AvgIpc) is 2.88. The number of hydrogen-bond acceptors (Lipinski definition) is 3. The first-order chi connectivity index (χ1) is 11.4. The van der Waals surface area contributed by atoms with Gasteiger partial charge >= 0.3 is 6.03 Å². The smallest absolute Gasteiger partial charge is 0.317 e. The zero-order chi connectivity index (χ0) is 17.7. The number of aryl methyl sites for hydroxylation is 2. The van der Waals surface area contributed by atoms with Crippen molar-refractivity contribution >= 4 is 11.9 Å². The number of carbonyl (C=O) groups excluding carboxylic acids is 2. The third-order valence-corrected chi connectivity index (χ3v) is 4.34. The molecule has 0 unspecified atom stereocenters. The molecule has 2 rings (SSSR count). The Morgan fingerprint density at radius 3 is 2.71 bits per heavy atom. The second kappa shape index (κ2) is 8.22. The first-order valence-electron chi connectivity index (χ1n) is 8.73. The van der Waals surface area contributed by atoms with Crippen molar-refractivity contribution in [2.24, 2.45) is 11.8 Å². The lowest BCUT2D eigenvalue weighted by atomic mass is 9.97. The Bertz CT molecular complexity index is 580. The largest absolute Gasteiger partial charge is 0.466 e. The van der Waals surface area contributed by atoms with Gasteiger partial charge in [-0.25, -0.2) is 4.79 Å². The Morgan fingerprint density at radius 1 is 1.33 bits per heavy atom. The maximum atomic E-state index is 12.4. The number of urea groups is 1. The molecule has 2 heterocycles. The van der Waals surface area contributed by atoms with E-state index in [1.165, 1.54) is 0 Å². The third kappa shape index (κ3) is 5.01. The van der Waals surface area contributed by atoms with Crippen LogP contribution in [0.4, 0.5) is 4.79 Å². The molecule has 1 aliphatic rings. The van der Waals surface area contributed by atoms with Crippen LogP contribution in [0, 0.1) is 25.7 Å². The van der Waals surface area contributed by atoms with E-state index >= 15 is 0 Å². The monoisotopic (exact) mass is 335 g/mol. The summed E-state index contributed by atoms with van der Waals surface area (Å²) in [7, 11) is 0. The number of likely N-dealkylation sites (tertiary alicyclic amines) is 1. The van der Waals surface area contributed by atoms with Crippen molar-refractivity contribution in [2.45, 2.75) is 47.1 Å². The molecular formula is C18H29N3O3. The first-order valence-corrected chi connectivity index (χ1v) is 8.73. The Kier molecular flexibility index (Phi) is 6.29. The van der Waals surface area contributed by atoms with Gasteiger partial charge in [-0.05, 0) is 38.7 Å². The van der Waals surface area contributed by atoms with E-state index in [0.29, 0.717) is 32.1 Å². The Hall–Kier alpha value is -1.98. The van der Waals surface area contributed by atoms with Crippen LogP contribution in [0.25, 0.3) is 0 Å². The van der Waals surface area contributed by atoms with Crippen molar-refractivity contribution in [1.82, 2.24) is 15.5 Å². The van der Waals surface area contributed by atoms with Crippen molar-refractivity contribution in [3.05, 3.63) is 23.2 Å². The quantitative estimate of drug-likeness (QED) is 0.868. The van der Waals surface area contributed by atoms with Crippen LogP contribution >= 0.6 is 0 Å². The van der Waals surface area contributed by atoms with Crippen LogP contribution in [0.3, 0.4) is 0 Å². The number of rotatable bonds is 5. The van der Waals surface area contributed by atoms with Gasteiger partial charge < -0.3 is 20.0 Å². The van der Waals surface area contributed by atoms with Crippen LogP contribution in [0.5, 0.6) is 0 Å². The Balaban J connectivity index is 1.83. The molecule has 6 heteroatoms. The van der Waals surface area contributed by atoms with Crippen LogP contribution in [-0.2, 0) is 11.3 Å². The minimum Gasteiger partial charge on any atom is -0.466 e. The fourth-order valence-electron chi connectivity index (χ4n) is 2.96. The SMILES string of the molecule is Cc1cc(CNC(=O)[C@@H]2CCCN(C(=O)NCC(C)C)C2)c(C)o1. The normalized spacial score (nSPS) is 17.9. The molecule has 134 valence electrons. The molecule has 3 amide bonds. The molecule has 0 aliphatic carbocycles. The number of piperidine rings is 1. The van der Waals surface area contributed by atoms with Gasteiger partial charge in [0.05, 0.1) is 5.92 Å².